The normalized spacial score (nSPS) is 44.0. The van der Waals surface area contributed by atoms with Crippen LogP contribution in [0.5, 0.6) is 0 Å². The van der Waals surface area contributed by atoms with Crippen molar-refractivity contribution < 1.29 is 43.8 Å². The molecule has 15 nitrogen and oxygen atoms in total. The van der Waals surface area contributed by atoms with Crippen molar-refractivity contribution in [3.63, 3.8) is 0 Å². The molecule has 0 aromatic heterocycles. The molecule has 14 N–H and O–H groups in total. The molecule has 234 valence electrons. The summed E-state index contributed by atoms with van der Waals surface area (Å²) in [5.74, 6) is -0.165. The molecule has 2 aliphatic heterocycles. The fourth-order valence-electron chi connectivity index (χ4n) is 5.45. The number of alkyl halides is 1. The zero-order chi connectivity index (χ0) is 29.6. The van der Waals surface area contributed by atoms with E-state index in [4.69, 9.17) is 41.9 Å². The van der Waals surface area contributed by atoms with Crippen molar-refractivity contribution in [2.45, 2.75) is 105 Å². The number of aliphatic hydroxyl groups excluding tert-OH is 3. The predicted molar refractivity (Wildman–Crippen MR) is 143 cm³/mol. The van der Waals surface area contributed by atoms with E-state index >= 15 is 0 Å². The number of amidine groups is 1. The maximum absolute atomic E-state index is 12.5. The average Bonchev–Trinajstić information content (AvgIpc) is 2.91. The Kier molecular flexibility index (Phi) is 12.4. The lowest BCUT2D eigenvalue weighted by Crippen LogP contribution is -2.67. The first-order valence-electron chi connectivity index (χ1n) is 13.8. The Labute approximate surface area is 233 Å². The molecule has 16 heteroatoms. The highest BCUT2D eigenvalue weighted by atomic mass is 19.1. The highest BCUT2D eigenvalue weighted by molar-refractivity contribution is 5.85. The minimum absolute atomic E-state index is 0.115. The fraction of sp³-hybridized carbons (Fsp3) is 0.958. The highest BCUT2D eigenvalue weighted by Crippen LogP contribution is 2.33. The molecule has 2 heterocycles. The smallest absolute Gasteiger partial charge is 0.185 e. The SMILES string of the molecule is CN[C@@H]1C(O)[C@@H](OC2C(O)C(O[C@H]3O[C@H](CNCCF)CCC3N)[C@@H](N)C[C@H]2N=C(N)C(O)CN)OCC1(C)O. The van der Waals surface area contributed by atoms with E-state index in [0.717, 1.165) is 0 Å². The number of aliphatic hydroxyl groups is 4. The van der Waals surface area contributed by atoms with E-state index in [2.05, 4.69) is 15.6 Å². The van der Waals surface area contributed by atoms with Crippen molar-refractivity contribution in [3.8, 4) is 0 Å². The van der Waals surface area contributed by atoms with Gasteiger partial charge >= 0.3 is 0 Å². The van der Waals surface area contributed by atoms with Crippen LogP contribution in [-0.2, 0) is 18.9 Å². The molecule has 0 aromatic carbocycles. The van der Waals surface area contributed by atoms with E-state index in [1.807, 2.05) is 0 Å². The van der Waals surface area contributed by atoms with Crippen LogP contribution in [0.25, 0.3) is 0 Å². The summed E-state index contributed by atoms with van der Waals surface area (Å²) >= 11 is 0. The van der Waals surface area contributed by atoms with Gasteiger partial charge in [0.25, 0.3) is 0 Å². The summed E-state index contributed by atoms with van der Waals surface area (Å²) in [4.78, 5) is 4.34. The van der Waals surface area contributed by atoms with E-state index in [1.54, 1.807) is 7.05 Å². The second-order valence-electron chi connectivity index (χ2n) is 11.0. The van der Waals surface area contributed by atoms with Gasteiger partial charge in [0.05, 0.1) is 30.8 Å². The van der Waals surface area contributed by atoms with E-state index in [0.29, 0.717) is 19.4 Å². The van der Waals surface area contributed by atoms with Gasteiger partial charge in [0.1, 0.15) is 48.6 Å². The van der Waals surface area contributed by atoms with Gasteiger partial charge in [-0.2, -0.15) is 0 Å². The molecule has 0 spiro atoms. The van der Waals surface area contributed by atoms with Gasteiger partial charge in [0, 0.05) is 25.7 Å². The van der Waals surface area contributed by atoms with Gasteiger partial charge in [-0.1, -0.05) is 0 Å². The first-order chi connectivity index (χ1) is 18.9. The van der Waals surface area contributed by atoms with Crippen molar-refractivity contribution in [3.05, 3.63) is 0 Å². The minimum Gasteiger partial charge on any atom is -0.388 e. The Balaban J connectivity index is 1.81. The number of hydrogen-bond donors (Lipinski definition) is 10. The third-order valence-corrected chi connectivity index (χ3v) is 7.73. The minimum atomic E-state index is -1.41. The van der Waals surface area contributed by atoms with Crippen LogP contribution in [0.2, 0.25) is 0 Å². The molecular formula is C24H48FN7O8. The molecule has 40 heavy (non-hydrogen) atoms. The molecule has 0 radical (unpaired) electrons. The van der Waals surface area contributed by atoms with Gasteiger partial charge in [0.2, 0.25) is 0 Å². The number of ether oxygens (including phenoxy) is 4. The standard InChI is InChI=1S/C24H48FN7O8/c1-24(36)10-37-23(17(35)20(24)30-2)40-19-14(32-21(29)15(33)8-26)7-13(28)18(16(19)34)39-22-12(27)4-3-11(38-22)9-31-6-5-25/h11-20,22-23,30-31,33-36H,3-10,26-28H2,1-2H3,(H2,29,32)/t11-,12?,13-,14+,15?,16?,17?,18?,19?,20+,22+,23+,24?/m0/s1. The van der Waals surface area contributed by atoms with Gasteiger partial charge in [-0.15, -0.1) is 0 Å². The Hall–Kier alpha value is -1.12. The molecular weight excluding hydrogens is 533 g/mol. The summed E-state index contributed by atoms with van der Waals surface area (Å²) in [6.07, 6.45) is -7.21. The van der Waals surface area contributed by atoms with Crippen molar-refractivity contribution in [1.82, 2.24) is 10.6 Å². The van der Waals surface area contributed by atoms with Crippen LogP contribution in [-0.4, -0.2) is 145 Å². The topological polar surface area (TPSA) is 258 Å². The highest BCUT2D eigenvalue weighted by Gasteiger charge is 2.51. The van der Waals surface area contributed by atoms with Crippen molar-refractivity contribution in [2.75, 3.05) is 40.0 Å². The van der Waals surface area contributed by atoms with E-state index < -0.39 is 79.5 Å². The van der Waals surface area contributed by atoms with Crippen LogP contribution >= 0.6 is 0 Å². The van der Waals surface area contributed by atoms with Crippen LogP contribution in [0, 0.1) is 0 Å². The van der Waals surface area contributed by atoms with E-state index in [1.165, 1.54) is 6.92 Å². The maximum atomic E-state index is 12.5. The number of rotatable bonds is 12. The molecule has 1 aliphatic carbocycles. The molecule has 1 saturated carbocycles. The van der Waals surface area contributed by atoms with Gasteiger partial charge in [0.15, 0.2) is 12.6 Å². The summed E-state index contributed by atoms with van der Waals surface area (Å²) in [5, 5.41) is 48.9. The van der Waals surface area contributed by atoms with Crippen molar-refractivity contribution >= 4 is 5.84 Å². The summed E-state index contributed by atoms with van der Waals surface area (Å²) < 4.78 is 36.3. The summed E-state index contributed by atoms with van der Waals surface area (Å²) in [7, 11) is 1.58. The molecule has 3 fully saturated rings. The van der Waals surface area contributed by atoms with Gasteiger partial charge in [-0.05, 0) is 33.2 Å². The third-order valence-electron chi connectivity index (χ3n) is 7.73. The molecule has 3 aliphatic rings. The van der Waals surface area contributed by atoms with Gasteiger partial charge in [-0.3, -0.25) is 4.99 Å². The number of halogens is 1. The Bertz CT molecular complexity index is 817. The van der Waals surface area contributed by atoms with Gasteiger partial charge < -0.3 is 72.9 Å². The summed E-state index contributed by atoms with van der Waals surface area (Å²) in [6, 6.07) is -2.93. The number of likely N-dealkylation sites (N-methyl/N-ethyl adjacent to an activating group) is 1. The second kappa shape index (κ2) is 14.9. The van der Waals surface area contributed by atoms with Crippen LogP contribution < -0.4 is 33.6 Å². The first kappa shape index (κ1) is 33.4. The zero-order valence-electron chi connectivity index (χ0n) is 23.1. The van der Waals surface area contributed by atoms with Gasteiger partial charge in [-0.25, -0.2) is 4.39 Å². The molecule has 3 rings (SSSR count). The maximum Gasteiger partial charge on any atom is 0.185 e. The quantitative estimate of drug-likeness (QED) is 0.0590. The molecule has 0 bridgehead atoms. The number of nitrogens with one attached hydrogen (secondary N) is 2. The second-order valence-corrected chi connectivity index (χ2v) is 11.0. The molecule has 7 unspecified atom stereocenters. The van der Waals surface area contributed by atoms with E-state index in [9.17, 15) is 24.8 Å². The largest absolute Gasteiger partial charge is 0.388 e. The lowest BCUT2D eigenvalue weighted by Gasteiger charge is -2.48. The zero-order valence-corrected chi connectivity index (χ0v) is 23.1. The van der Waals surface area contributed by atoms with Crippen molar-refractivity contribution in [2.24, 2.45) is 27.9 Å². The Morgan fingerprint density at radius 2 is 1.85 bits per heavy atom. The number of hydrogen-bond acceptors (Lipinski definition) is 14. The number of nitrogens with two attached hydrogens (primary N) is 4. The number of nitrogens with zero attached hydrogens (tertiary/aromatic N) is 1. The Morgan fingerprint density at radius 3 is 2.50 bits per heavy atom. The lowest BCUT2D eigenvalue weighted by atomic mass is 9.83. The van der Waals surface area contributed by atoms with E-state index in [-0.39, 0.29) is 38.1 Å². The first-order valence-corrected chi connectivity index (χ1v) is 13.8. The molecule has 0 aromatic rings. The third kappa shape index (κ3) is 8.03. The van der Waals surface area contributed by atoms with Crippen LogP contribution in [0.4, 0.5) is 4.39 Å². The molecule has 13 atom stereocenters. The van der Waals surface area contributed by atoms with Crippen LogP contribution in [0.15, 0.2) is 4.99 Å². The predicted octanol–water partition coefficient (Wildman–Crippen LogP) is -4.66. The molecule has 0 amide bonds. The van der Waals surface area contributed by atoms with Crippen LogP contribution in [0.1, 0.15) is 26.2 Å². The van der Waals surface area contributed by atoms with Crippen LogP contribution in [0.3, 0.4) is 0 Å². The number of aliphatic imine (C=N–C) groups is 1. The van der Waals surface area contributed by atoms with Crippen molar-refractivity contribution in [1.29, 1.82) is 0 Å². The molecule has 2 saturated heterocycles. The fourth-order valence-corrected chi connectivity index (χ4v) is 5.45. The lowest BCUT2D eigenvalue weighted by molar-refractivity contribution is -0.306. The average molecular weight is 582 g/mol. The Morgan fingerprint density at radius 1 is 1.15 bits per heavy atom. The summed E-state index contributed by atoms with van der Waals surface area (Å²) in [6.45, 7) is 1.29. The monoisotopic (exact) mass is 581 g/mol. The summed E-state index contributed by atoms with van der Waals surface area (Å²) in [5.41, 5.74) is 22.8.